The van der Waals surface area contributed by atoms with E-state index in [2.05, 4.69) is 40.2 Å². The lowest BCUT2D eigenvalue weighted by Gasteiger charge is -2.25. The van der Waals surface area contributed by atoms with Gasteiger partial charge in [-0.15, -0.1) is 0 Å². The number of benzene rings is 2. The summed E-state index contributed by atoms with van der Waals surface area (Å²) in [4.78, 5) is 6.75. The monoisotopic (exact) mass is 382 g/mol. The van der Waals surface area contributed by atoms with Crippen molar-refractivity contribution in [3.8, 4) is 11.5 Å². The summed E-state index contributed by atoms with van der Waals surface area (Å²) in [5.74, 6) is 2.54. The van der Waals surface area contributed by atoms with Crippen molar-refractivity contribution in [3.63, 3.8) is 0 Å². The van der Waals surface area contributed by atoms with Crippen LogP contribution in [-0.2, 0) is 13.1 Å². The normalized spacial score (nSPS) is 10.5. The Kier molecular flexibility index (Phi) is 6.20. The maximum Gasteiger partial charge on any atom is 0.131 e. The molecule has 140 valence electrons. The minimum atomic E-state index is 0.500. The molecular weight excluding hydrogens is 360 g/mol. The van der Waals surface area contributed by atoms with Gasteiger partial charge in [0.15, 0.2) is 0 Å². The Bertz CT molecular complexity index is 810. The maximum atomic E-state index is 6.21. The minimum Gasteiger partial charge on any atom is -0.497 e. The third-order valence-electron chi connectivity index (χ3n) is 4.31. The molecule has 0 bridgehead atoms. The lowest BCUT2D eigenvalue weighted by atomic mass is 10.1. The van der Waals surface area contributed by atoms with Gasteiger partial charge in [-0.1, -0.05) is 35.9 Å². The first kappa shape index (κ1) is 19.1. The first-order valence-corrected chi connectivity index (χ1v) is 9.10. The molecule has 0 atom stereocenters. The van der Waals surface area contributed by atoms with Crippen molar-refractivity contribution in [2.75, 3.05) is 19.1 Å². The van der Waals surface area contributed by atoms with Crippen LogP contribution in [0.15, 0.2) is 60.7 Å². The molecule has 0 saturated carbocycles. The van der Waals surface area contributed by atoms with E-state index in [0.717, 1.165) is 22.9 Å². The highest BCUT2D eigenvalue weighted by Gasteiger charge is 2.12. The number of methoxy groups -OCH3 is 2. The van der Waals surface area contributed by atoms with Gasteiger partial charge in [0.2, 0.25) is 0 Å². The Morgan fingerprint density at radius 2 is 1.30 bits per heavy atom. The van der Waals surface area contributed by atoms with Crippen molar-refractivity contribution >= 4 is 17.4 Å². The number of aryl methyl sites for hydroxylation is 1. The fourth-order valence-electron chi connectivity index (χ4n) is 2.89. The summed E-state index contributed by atoms with van der Waals surface area (Å²) < 4.78 is 10.5. The molecule has 0 spiro atoms. The zero-order valence-corrected chi connectivity index (χ0v) is 16.5. The Balaban J connectivity index is 1.88. The summed E-state index contributed by atoms with van der Waals surface area (Å²) in [6.07, 6.45) is 0. The largest absolute Gasteiger partial charge is 0.497 e. The highest BCUT2D eigenvalue weighted by atomic mass is 35.5. The Morgan fingerprint density at radius 3 is 1.70 bits per heavy atom. The van der Waals surface area contributed by atoms with E-state index >= 15 is 0 Å². The van der Waals surface area contributed by atoms with Crippen molar-refractivity contribution in [2.45, 2.75) is 20.0 Å². The summed E-state index contributed by atoms with van der Waals surface area (Å²) in [6.45, 7) is 3.45. The predicted molar refractivity (Wildman–Crippen MR) is 110 cm³/mol. The van der Waals surface area contributed by atoms with E-state index in [9.17, 15) is 0 Å². The maximum absolute atomic E-state index is 6.21. The molecule has 27 heavy (non-hydrogen) atoms. The smallest absolute Gasteiger partial charge is 0.131 e. The van der Waals surface area contributed by atoms with Crippen LogP contribution in [0.4, 0.5) is 5.82 Å². The molecule has 2 aromatic carbocycles. The van der Waals surface area contributed by atoms with Crippen molar-refractivity contribution in [2.24, 2.45) is 0 Å². The van der Waals surface area contributed by atoms with E-state index < -0.39 is 0 Å². The Hall–Kier alpha value is -2.72. The zero-order valence-electron chi connectivity index (χ0n) is 15.8. The van der Waals surface area contributed by atoms with Crippen LogP contribution in [0.1, 0.15) is 16.7 Å². The molecule has 0 amide bonds. The van der Waals surface area contributed by atoms with E-state index in [1.165, 1.54) is 11.1 Å². The molecule has 0 saturated heterocycles. The third-order valence-corrected chi connectivity index (χ3v) is 4.51. The van der Waals surface area contributed by atoms with Crippen LogP contribution in [0.5, 0.6) is 11.5 Å². The third kappa shape index (κ3) is 5.14. The number of hydrogen-bond donors (Lipinski definition) is 0. The number of hydrogen-bond acceptors (Lipinski definition) is 4. The van der Waals surface area contributed by atoms with E-state index in [1.807, 2.05) is 37.3 Å². The topological polar surface area (TPSA) is 34.6 Å². The van der Waals surface area contributed by atoms with E-state index in [4.69, 9.17) is 21.1 Å². The van der Waals surface area contributed by atoms with Crippen LogP contribution >= 0.6 is 11.6 Å². The molecule has 4 nitrogen and oxygen atoms in total. The molecule has 0 aliphatic heterocycles. The second-order valence-electron chi connectivity index (χ2n) is 6.38. The molecule has 3 rings (SSSR count). The predicted octanol–water partition coefficient (Wildman–Crippen LogP) is 5.27. The van der Waals surface area contributed by atoms with Gasteiger partial charge < -0.3 is 14.4 Å². The Morgan fingerprint density at radius 1 is 0.815 bits per heavy atom. The van der Waals surface area contributed by atoms with Crippen molar-refractivity contribution < 1.29 is 9.47 Å². The SMILES string of the molecule is COc1ccc(CN(Cc2ccc(OC)cc2)c2cc(C)cc(Cl)n2)cc1. The van der Waals surface area contributed by atoms with E-state index in [-0.39, 0.29) is 0 Å². The second kappa shape index (κ2) is 8.78. The van der Waals surface area contributed by atoms with Crippen LogP contribution < -0.4 is 14.4 Å². The summed E-state index contributed by atoms with van der Waals surface area (Å²) in [6, 6.07) is 20.1. The molecule has 1 aromatic heterocycles. The standard InChI is InChI=1S/C22H23ClN2O2/c1-16-12-21(23)24-22(13-16)25(14-17-4-8-19(26-2)9-5-17)15-18-6-10-20(27-3)11-7-18/h4-13H,14-15H2,1-3H3. The lowest BCUT2D eigenvalue weighted by molar-refractivity contribution is 0.414. The van der Waals surface area contributed by atoms with Crippen LogP contribution in [0, 0.1) is 6.92 Å². The quantitative estimate of drug-likeness (QED) is 0.521. The van der Waals surface area contributed by atoms with Gasteiger partial charge in [-0.25, -0.2) is 4.98 Å². The molecule has 0 radical (unpaired) electrons. The molecule has 1 heterocycles. The number of ether oxygens (including phenoxy) is 2. The number of rotatable bonds is 7. The van der Waals surface area contributed by atoms with E-state index in [0.29, 0.717) is 18.2 Å². The second-order valence-corrected chi connectivity index (χ2v) is 6.76. The van der Waals surface area contributed by atoms with Gasteiger partial charge >= 0.3 is 0 Å². The van der Waals surface area contributed by atoms with Crippen molar-refractivity contribution in [3.05, 3.63) is 82.5 Å². The van der Waals surface area contributed by atoms with E-state index in [1.54, 1.807) is 14.2 Å². The van der Waals surface area contributed by atoms with Gasteiger partial charge in [0.05, 0.1) is 14.2 Å². The summed E-state index contributed by atoms with van der Waals surface area (Å²) in [5, 5.41) is 0.500. The average Bonchev–Trinajstić information content (AvgIpc) is 2.68. The fourth-order valence-corrected chi connectivity index (χ4v) is 3.15. The number of anilines is 1. The van der Waals surface area contributed by atoms with Gasteiger partial charge in [-0.05, 0) is 60.0 Å². The summed E-state index contributed by atoms with van der Waals surface area (Å²) >= 11 is 6.21. The number of pyridine rings is 1. The summed E-state index contributed by atoms with van der Waals surface area (Å²) in [7, 11) is 3.34. The summed E-state index contributed by atoms with van der Waals surface area (Å²) in [5.41, 5.74) is 3.42. The average molecular weight is 383 g/mol. The molecule has 3 aromatic rings. The number of halogens is 1. The molecular formula is C22H23ClN2O2. The van der Waals surface area contributed by atoms with Crippen LogP contribution in [0.25, 0.3) is 0 Å². The van der Waals surface area contributed by atoms with Crippen LogP contribution in [0.3, 0.4) is 0 Å². The zero-order chi connectivity index (χ0) is 19.2. The number of nitrogens with zero attached hydrogens (tertiary/aromatic N) is 2. The highest BCUT2D eigenvalue weighted by Crippen LogP contribution is 2.23. The molecule has 0 unspecified atom stereocenters. The highest BCUT2D eigenvalue weighted by molar-refractivity contribution is 6.29. The minimum absolute atomic E-state index is 0.500. The van der Waals surface area contributed by atoms with Crippen LogP contribution in [-0.4, -0.2) is 19.2 Å². The van der Waals surface area contributed by atoms with Gasteiger partial charge in [0.25, 0.3) is 0 Å². The van der Waals surface area contributed by atoms with Crippen molar-refractivity contribution in [1.82, 2.24) is 4.98 Å². The number of aromatic nitrogens is 1. The van der Waals surface area contributed by atoms with Crippen molar-refractivity contribution in [1.29, 1.82) is 0 Å². The molecule has 5 heteroatoms. The molecule has 0 N–H and O–H groups in total. The van der Waals surface area contributed by atoms with Gasteiger partial charge in [0, 0.05) is 13.1 Å². The van der Waals surface area contributed by atoms with Gasteiger partial charge in [-0.2, -0.15) is 0 Å². The van der Waals surface area contributed by atoms with Gasteiger partial charge in [-0.3, -0.25) is 0 Å². The first-order chi connectivity index (χ1) is 13.1. The molecule has 0 aliphatic carbocycles. The molecule has 0 aliphatic rings. The molecule has 0 fully saturated rings. The van der Waals surface area contributed by atoms with Gasteiger partial charge in [0.1, 0.15) is 22.5 Å². The Labute approximate surface area is 165 Å². The van der Waals surface area contributed by atoms with Crippen LogP contribution in [0.2, 0.25) is 5.15 Å². The lowest BCUT2D eigenvalue weighted by Crippen LogP contribution is -2.23. The fraction of sp³-hybridized carbons (Fsp3) is 0.227. The first-order valence-electron chi connectivity index (χ1n) is 8.72.